The van der Waals surface area contributed by atoms with E-state index < -0.39 is 5.97 Å². The van der Waals surface area contributed by atoms with E-state index in [2.05, 4.69) is 15.1 Å². The summed E-state index contributed by atoms with van der Waals surface area (Å²) in [6, 6.07) is 6.44. The molecule has 6 heteroatoms. The molecule has 6 nitrogen and oxygen atoms in total. The van der Waals surface area contributed by atoms with Crippen molar-refractivity contribution in [1.29, 1.82) is 0 Å². The summed E-state index contributed by atoms with van der Waals surface area (Å²) >= 11 is 0. The Labute approximate surface area is 101 Å². The Bertz CT molecular complexity index is 695. The number of nitrogens with zero attached hydrogens (tertiary/aromatic N) is 3. The molecule has 18 heavy (non-hydrogen) atoms. The van der Waals surface area contributed by atoms with E-state index in [1.807, 2.05) is 0 Å². The molecule has 0 saturated heterocycles. The zero-order valence-electron chi connectivity index (χ0n) is 9.11. The molecule has 3 aromatic rings. The van der Waals surface area contributed by atoms with Gasteiger partial charge >= 0.3 is 5.97 Å². The molecular formula is C12H7N3O3. The molecule has 0 N–H and O–H groups in total. The molecule has 0 amide bonds. The number of ether oxygens (including phenoxy) is 1. The number of fused-ring (bicyclic) bond motifs is 1. The average molecular weight is 241 g/mol. The molecule has 0 aliphatic heterocycles. The Morgan fingerprint density at radius 2 is 1.89 bits per heavy atom. The number of esters is 1. The van der Waals surface area contributed by atoms with Crippen LogP contribution in [0.3, 0.4) is 0 Å². The number of aromatic nitrogens is 3. The first-order chi connectivity index (χ1) is 8.83. The third-order valence-electron chi connectivity index (χ3n) is 2.29. The lowest BCUT2D eigenvalue weighted by molar-refractivity contribution is 0.0691. The van der Waals surface area contributed by atoms with Gasteiger partial charge in [0.05, 0.1) is 17.2 Å². The normalized spacial score (nSPS) is 10.4. The minimum Gasteiger partial charge on any atom is -0.421 e. The summed E-state index contributed by atoms with van der Waals surface area (Å²) < 4.78 is 9.83. The summed E-state index contributed by atoms with van der Waals surface area (Å²) in [7, 11) is 0. The monoisotopic (exact) mass is 241 g/mol. The van der Waals surface area contributed by atoms with Crippen LogP contribution < -0.4 is 4.74 Å². The first-order valence-corrected chi connectivity index (χ1v) is 5.16. The molecule has 3 rings (SSSR count). The number of carbonyl (C=O) groups is 1. The van der Waals surface area contributed by atoms with Crippen molar-refractivity contribution in [1.82, 2.24) is 15.1 Å². The lowest BCUT2D eigenvalue weighted by Crippen LogP contribution is -2.07. The first kappa shape index (κ1) is 10.4. The Morgan fingerprint density at radius 1 is 1.06 bits per heavy atom. The SMILES string of the molecule is O=C(Oc1ccc2nccnc2c1)c1ccno1. The van der Waals surface area contributed by atoms with Crippen molar-refractivity contribution in [3.05, 3.63) is 48.6 Å². The maximum absolute atomic E-state index is 11.6. The molecule has 0 atom stereocenters. The smallest absolute Gasteiger partial charge is 0.382 e. The topological polar surface area (TPSA) is 78.1 Å². The van der Waals surface area contributed by atoms with Crippen LogP contribution in [-0.4, -0.2) is 21.1 Å². The second-order valence-electron chi connectivity index (χ2n) is 3.47. The average Bonchev–Trinajstić information content (AvgIpc) is 2.92. The van der Waals surface area contributed by atoms with Crippen LogP contribution in [0.1, 0.15) is 10.6 Å². The molecule has 0 bridgehead atoms. The quantitative estimate of drug-likeness (QED) is 0.503. The van der Waals surface area contributed by atoms with Crippen LogP contribution >= 0.6 is 0 Å². The predicted molar refractivity (Wildman–Crippen MR) is 61.0 cm³/mol. The van der Waals surface area contributed by atoms with Crippen molar-refractivity contribution < 1.29 is 14.1 Å². The molecule has 0 fully saturated rings. The summed E-state index contributed by atoms with van der Waals surface area (Å²) in [4.78, 5) is 19.9. The molecule has 2 aromatic heterocycles. The van der Waals surface area contributed by atoms with E-state index in [1.165, 1.54) is 12.3 Å². The Morgan fingerprint density at radius 3 is 2.67 bits per heavy atom. The standard InChI is InChI=1S/C12H7N3O3/c16-12(11-3-4-15-18-11)17-8-1-2-9-10(7-8)14-6-5-13-9/h1-7H. The van der Waals surface area contributed by atoms with Crippen molar-refractivity contribution in [3.8, 4) is 5.75 Å². The van der Waals surface area contributed by atoms with Crippen LogP contribution in [0.4, 0.5) is 0 Å². The van der Waals surface area contributed by atoms with Gasteiger partial charge < -0.3 is 9.26 Å². The molecule has 0 saturated carbocycles. The fourth-order valence-corrected chi connectivity index (χ4v) is 1.48. The number of hydrogen-bond acceptors (Lipinski definition) is 6. The molecule has 1 aromatic carbocycles. The largest absolute Gasteiger partial charge is 0.421 e. The fraction of sp³-hybridized carbons (Fsp3) is 0. The minimum atomic E-state index is -0.601. The van der Waals surface area contributed by atoms with Crippen LogP contribution in [0.25, 0.3) is 11.0 Å². The molecule has 0 radical (unpaired) electrons. The summed E-state index contributed by atoms with van der Waals surface area (Å²) in [6.45, 7) is 0. The van der Waals surface area contributed by atoms with E-state index in [9.17, 15) is 4.79 Å². The van der Waals surface area contributed by atoms with Crippen LogP contribution in [0, 0.1) is 0 Å². The maximum atomic E-state index is 11.6. The van der Waals surface area contributed by atoms with E-state index in [-0.39, 0.29) is 5.76 Å². The summed E-state index contributed by atoms with van der Waals surface area (Å²) in [5, 5.41) is 3.44. The van der Waals surface area contributed by atoms with Gasteiger partial charge in [-0.05, 0) is 12.1 Å². The van der Waals surface area contributed by atoms with Crippen molar-refractivity contribution in [3.63, 3.8) is 0 Å². The maximum Gasteiger partial charge on any atom is 0.382 e. The highest BCUT2D eigenvalue weighted by molar-refractivity contribution is 5.88. The fourth-order valence-electron chi connectivity index (χ4n) is 1.48. The molecule has 2 heterocycles. The number of carbonyl (C=O) groups excluding carboxylic acids is 1. The van der Waals surface area contributed by atoms with E-state index in [1.54, 1.807) is 30.6 Å². The molecule has 0 unspecified atom stereocenters. The Hall–Kier alpha value is -2.76. The Kier molecular flexibility index (Phi) is 2.45. The van der Waals surface area contributed by atoms with Gasteiger partial charge in [-0.3, -0.25) is 9.97 Å². The second kappa shape index (κ2) is 4.25. The number of hydrogen-bond donors (Lipinski definition) is 0. The van der Waals surface area contributed by atoms with Crippen molar-refractivity contribution in [2.24, 2.45) is 0 Å². The number of benzene rings is 1. The number of rotatable bonds is 2. The predicted octanol–water partition coefficient (Wildman–Crippen LogP) is 1.84. The van der Waals surface area contributed by atoms with Crippen LogP contribution in [0.5, 0.6) is 5.75 Å². The van der Waals surface area contributed by atoms with E-state index in [0.29, 0.717) is 11.3 Å². The van der Waals surface area contributed by atoms with Gasteiger partial charge in [0.15, 0.2) is 0 Å². The molecular weight excluding hydrogens is 234 g/mol. The highest BCUT2D eigenvalue weighted by Crippen LogP contribution is 2.18. The molecule has 0 aliphatic rings. The zero-order valence-corrected chi connectivity index (χ0v) is 9.11. The van der Waals surface area contributed by atoms with E-state index in [0.717, 1.165) is 5.52 Å². The van der Waals surface area contributed by atoms with Gasteiger partial charge in [-0.2, -0.15) is 0 Å². The highest BCUT2D eigenvalue weighted by atomic mass is 16.6. The highest BCUT2D eigenvalue weighted by Gasteiger charge is 2.12. The van der Waals surface area contributed by atoms with Gasteiger partial charge in [-0.15, -0.1) is 0 Å². The first-order valence-electron chi connectivity index (χ1n) is 5.16. The van der Waals surface area contributed by atoms with E-state index in [4.69, 9.17) is 9.26 Å². The van der Waals surface area contributed by atoms with Crippen molar-refractivity contribution in [2.75, 3.05) is 0 Å². The molecule has 88 valence electrons. The van der Waals surface area contributed by atoms with Gasteiger partial charge in [0.25, 0.3) is 0 Å². The molecule has 0 spiro atoms. The van der Waals surface area contributed by atoms with E-state index >= 15 is 0 Å². The van der Waals surface area contributed by atoms with Gasteiger partial charge in [-0.1, -0.05) is 5.16 Å². The lowest BCUT2D eigenvalue weighted by atomic mass is 10.3. The van der Waals surface area contributed by atoms with Crippen molar-refractivity contribution in [2.45, 2.75) is 0 Å². The Balaban J connectivity index is 1.89. The van der Waals surface area contributed by atoms with Gasteiger partial charge in [0.2, 0.25) is 5.76 Å². The van der Waals surface area contributed by atoms with Gasteiger partial charge in [-0.25, -0.2) is 4.79 Å². The van der Waals surface area contributed by atoms with Crippen LogP contribution in [-0.2, 0) is 0 Å². The summed E-state index contributed by atoms with van der Waals surface area (Å²) in [5.74, 6) is -0.172. The third kappa shape index (κ3) is 1.91. The van der Waals surface area contributed by atoms with Crippen LogP contribution in [0.2, 0.25) is 0 Å². The minimum absolute atomic E-state index is 0.0502. The van der Waals surface area contributed by atoms with Gasteiger partial charge in [0.1, 0.15) is 5.75 Å². The lowest BCUT2D eigenvalue weighted by Gasteiger charge is -2.02. The van der Waals surface area contributed by atoms with Gasteiger partial charge in [0, 0.05) is 24.5 Å². The van der Waals surface area contributed by atoms with Crippen LogP contribution in [0.15, 0.2) is 47.4 Å². The second-order valence-corrected chi connectivity index (χ2v) is 3.47. The zero-order chi connectivity index (χ0) is 12.4. The van der Waals surface area contributed by atoms with Crippen molar-refractivity contribution >= 4 is 17.0 Å². The summed E-state index contributed by atoms with van der Waals surface area (Å²) in [6.07, 6.45) is 4.55. The third-order valence-corrected chi connectivity index (χ3v) is 2.29. The summed E-state index contributed by atoms with van der Waals surface area (Å²) in [5.41, 5.74) is 1.39. The molecule has 0 aliphatic carbocycles.